The van der Waals surface area contributed by atoms with E-state index < -0.39 is 0 Å². The number of nitrogens with zero attached hydrogens (tertiary/aromatic N) is 1. The molecule has 0 bridgehead atoms. The third-order valence-corrected chi connectivity index (χ3v) is 2.53. The minimum atomic E-state index is 0.611. The molecule has 0 aliphatic carbocycles. The Morgan fingerprint density at radius 2 is 1.82 bits per heavy atom. The first-order valence-corrected chi connectivity index (χ1v) is 5.44. The Kier molecular flexibility index (Phi) is 3.11. The van der Waals surface area contributed by atoms with Crippen LogP contribution in [-0.4, -0.2) is 0 Å². The van der Waals surface area contributed by atoms with E-state index >= 15 is 0 Å². The molecule has 17 heavy (non-hydrogen) atoms. The van der Waals surface area contributed by atoms with Gasteiger partial charge in [0.25, 0.3) is 0 Å². The molecule has 0 spiro atoms. The van der Waals surface area contributed by atoms with Crippen molar-refractivity contribution in [1.82, 2.24) is 0 Å². The lowest BCUT2D eigenvalue weighted by Crippen LogP contribution is -1.81. The smallest absolute Gasteiger partial charge is 0.128 e. The average molecular weight is 223 g/mol. The molecule has 0 saturated carbocycles. The molecule has 84 valence electrons. The summed E-state index contributed by atoms with van der Waals surface area (Å²) >= 11 is 0. The molecule has 2 heteroatoms. The van der Waals surface area contributed by atoms with Crippen LogP contribution in [0.2, 0.25) is 0 Å². The zero-order chi connectivity index (χ0) is 12.3. The van der Waals surface area contributed by atoms with E-state index in [1.54, 1.807) is 6.08 Å². The maximum Gasteiger partial charge on any atom is 0.128 e. The summed E-state index contributed by atoms with van der Waals surface area (Å²) in [5, 5.41) is 9.16. The second kappa shape index (κ2) is 4.71. The van der Waals surface area contributed by atoms with Crippen molar-refractivity contribution in [2.45, 2.75) is 13.8 Å². The van der Waals surface area contributed by atoms with Gasteiger partial charge in [0, 0.05) is 0 Å². The van der Waals surface area contributed by atoms with Crippen molar-refractivity contribution in [3.63, 3.8) is 0 Å². The van der Waals surface area contributed by atoms with Crippen LogP contribution in [0.4, 0.5) is 0 Å². The van der Waals surface area contributed by atoms with Crippen LogP contribution in [0.1, 0.15) is 22.6 Å². The molecular formula is C15H13NO. The maximum absolute atomic E-state index is 9.16. The number of hydrogen-bond donors (Lipinski definition) is 0. The topological polar surface area (TPSA) is 36.9 Å². The maximum atomic E-state index is 9.16. The molecule has 1 heterocycles. The van der Waals surface area contributed by atoms with Gasteiger partial charge in [-0.1, -0.05) is 29.8 Å². The molecule has 0 radical (unpaired) electrons. The number of aryl methyl sites for hydroxylation is 2. The standard InChI is InChI=1S/C15H13NO/c1-11-3-6-13(7-4-11)14(10-16)9-15-8-5-12(2)17-15/h3-9H,1-2H3/b14-9-. The molecule has 0 amide bonds. The minimum absolute atomic E-state index is 0.611. The second-order valence-corrected chi connectivity index (χ2v) is 3.98. The van der Waals surface area contributed by atoms with Gasteiger partial charge in [0.15, 0.2) is 0 Å². The van der Waals surface area contributed by atoms with E-state index in [1.165, 1.54) is 5.56 Å². The molecule has 0 aliphatic rings. The van der Waals surface area contributed by atoms with Gasteiger partial charge in [-0.2, -0.15) is 5.26 Å². The van der Waals surface area contributed by atoms with Crippen molar-refractivity contribution in [3.05, 3.63) is 59.0 Å². The summed E-state index contributed by atoms with van der Waals surface area (Å²) in [5.41, 5.74) is 2.70. The molecule has 0 atom stereocenters. The fourth-order valence-electron chi connectivity index (χ4n) is 1.59. The van der Waals surface area contributed by atoms with Gasteiger partial charge in [0.2, 0.25) is 0 Å². The van der Waals surface area contributed by atoms with Gasteiger partial charge < -0.3 is 4.42 Å². The summed E-state index contributed by atoms with van der Waals surface area (Å²) in [6.07, 6.45) is 1.76. The Hall–Kier alpha value is -2.27. The van der Waals surface area contributed by atoms with Crippen LogP contribution in [0.3, 0.4) is 0 Å². The van der Waals surface area contributed by atoms with Crippen LogP contribution in [0.5, 0.6) is 0 Å². The first-order valence-electron chi connectivity index (χ1n) is 5.44. The highest BCUT2D eigenvalue weighted by Gasteiger charge is 2.02. The Morgan fingerprint density at radius 3 is 2.35 bits per heavy atom. The summed E-state index contributed by atoms with van der Waals surface area (Å²) in [4.78, 5) is 0. The van der Waals surface area contributed by atoms with E-state index in [4.69, 9.17) is 9.68 Å². The third-order valence-electron chi connectivity index (χ3n) is 2.53. The van der Waals surface area contributed by atoms with Gasteiger partial charge >= 0.3 is 0 Å². The van der Waals surface area contributed by atoms with E-state index in [0.29, 0.717) is 11.3 Å². The molecule has 0 unspecified atom stereocenters. The van der Waals surface area contributed by atoms with E-state index in [2.05, 4.69) is 6.07 Å². The molecule has 0 fully saturated rings. The Bertz CT molecular complexity index is 582. The summed E-state index contributed by atoms with van der Waals surface area (Å²) in [6, 6.07) is 13.8. The SMILES string of the molecule is Cc1ccc(/C(C#N)=C\c2ccc(C)o2)cc1. The molecule has 0 N–H and O–H groups in total. The van der Waals surface area contributed by atoms with Crippen LogP contribution >= 0.6 is 0 Å². The van der Waals surface area contributed by atoms with Gasteiger partial charge in [0.05, 0.1) is 11.6 Å². The lowest BCUT2D eigenvalue weighted by atomic mass is 10.0. The summed E-state index contributed by atoms with van der Waals surface area (Å²) in [7, 11) is 0. The largest absolute Gasteiger partial charge is 0.462 e. The van der Waals surface area contributed by atoms with Crippen molar-refractivity contribution >= 4 is 11.6 Å². The predicted molar refractivity (Wildman–Crippen MR) is 68.1 cm³/mol. The van der Waals surface area contributed by atoms with Crippen molar-refractivity contribution in [2.24, 2.45) is 0 Å². The highest BCUT2D eigenvalue weighted by atomic mass is 16.3. The monoisotopic (exact) mass is 223 g/mol. The zero-order valence-corrected chi connectivity index (χ0v) is 9.90. The van der Waals surface area contributed by atoms with Gasteiger partial charge in [-0.15, -0.1) is 0 Å². The van der Waals surface area contributed by atoms with E-state index in [1.807, 2.05) is 50.2 Å². The van der Waals surface area contributed by atoms with Crippen LogP contribution in [-0.2, 0) is 0 Å². The van der Waals surface area contributed by atoms with Crippen molar-refractivity contribution in [2.75, 3.05) is 0 Å². The van der Waals surface area contributed by atoms with Crippen LogP contribution in [0.25, 0.3) is 11.6 Å². The molecule has 1 aromatic carbocycles. The first-order chi connectivity index (χ1) is 8.19. The molecule has 1 aromatic heterocycles. The minimum Gasteiger partial charge on any atom is -0.462 e. The lowest BCUT2D eigenvalue weighted by molar-refractivity contribution is 0.525. The van der Waals surface area contributed by atoms with Crippen LogP contribution in [0.15, 0.2) is 40.8 Å². The van der Waals surface area contributed by atoms with Crippen LogP contribution in [0, 0.1) is 25.2 Å². The molecule has 2 aromatic rings. The van der Waals surface area contributed by atoms with Gasteiger partial charge in [-0.25, -0.2) is 0 Å². The number of rotatable bonds is 2. The fourth-order valence-corrected chi connectivity index (χ4v) is 1.59. The highest BCUT2D eigenvalue weighted by molar-refractivity contribution is 5.88. The fraction of sp³-hybridized carbons (Fsp3) is 0.133. The number of allylic oxidation sites excluding steroid dienone is 1. The van der Waals surface area contributed by atoms with Gasteiger partial charge in [0.1, 0.15) is 11.5 Å². The Labute approximate surface area is 101 Å². The molecule has 2 rings (SSSR count). The van der Waals surface area contributed by atoms with E-state index in [-0.39, 0.29) is 0 Å². The van der Waals surface area contributed by atoms with Crippen molar-refractivity contribution in [1.29, 1.82) is 5.26 Å². The van der Waals surface area contributed by atoms with Gasteiger partial charge in [-0.05, 0) is 37.6 Å². The molecular weight excluding hydrogens is 210 g/mol. The molecule has 0 aliphatic heterocycles. The van der Waals surface area contributed by atoms with Crippen molar-refractivity contribution in [3.8, 4) is 6.07 Å². The van der Waals surface area contributed by atoms with Crippen molar-refractivity contribution < 1.29 is 4.42 Å². The number of hydrogen-bond acceptors (Lipinski definition) is 2. The number of furan rings is 1. The summed E-state index contributed by atoms with van der Waals surface area (Å²) < 4.78 is 5.43. The zero-order valence-electron chi connectivity index (χ0n) is 9.90. The number of nitriles is 1. The van der Waals surface area contributed by atoms with E-state index in [0.717, 1.165) is 11.3 Å². The Balaban J connectivity index is 2.37. The normalized spacial score (nSPS) is 11.2. The van der Waals surface area contributed by atoms with Gasteiger partial charge in [-0.3, -0.25) is 0 Å². The predicted octanol–water partition coefficient (Wildman–Crippen LogP) is 3.96. The average Bonchev–Trinajstić information content (AvgIpc) is 2.73. The quantitative estimate of drug-likeness (QED) is 0.722. The van der Waals surface area contributed by atoms with Crippen LogP contribution < -0.4 is 0 Å². The first kappa shape index (κ1) is 11.2. The molecule has 2 nitrogen and oxygen atoms in total. The number of benzene rings is 1. The van der Waals surface area contributed by atoms with E-state index in [9.17, 15) is 0 Å². The lowest BCUT2D eigenvalue weighted by Gasteiger charge is -1.99. The molecule has 0 saturated heterocycles. The summed E-state index contributed by atoms with van der Waals surface area (Å²) in [6.45, 7) is 3.91. The highest BCUT2D eigenvalue weighted by Crippen LogP contribution is 2.19. The second-order valence-electron chi connectivity index (χ2n) is 3.98. The third kappa shape index (κ3) is 2.64. The summed E-state index contributed by atoms with van der Waals surface area (Å²) in [5.74, 6) is 1.55. The Morgan fingerprint density at radius 1 is 1.12 bits per heavy atom.